The number of hydrogen-bond donors (Lipinski definition) is 1. The Morgan fingerprint density at radius 2 is 1.90 bits per heavy atom. The zero-order chi connectivity index (χ0) is 14.7. The Labute approximate surface area is 122 Å². The van der Waals surface area contributed by atoms with Crippen LogP contribution in [0.15, 0.2) is 60.8 Å². The summed E-state index contributed by atoms with van der Waals surface area (Å²) in [5.41, 5.74) is 2.10. The average molecular weight is 278 g/mol. The lowest BCUT2D eigenvalue weighted by Gasteiger charge is -2.06. The first-order valence-corrected chi connectivity index (χ1v) is 6.56. The molecule has 0 atom stereocenters. The molecule has 0 aliphatic carbocycles. The largest absolute Gasteiger partial charge is 0.497 e. The highest BCUT2D eigenvalue weighted by atomic mass is 16.5. The summed E-state index contributed by atoms with van der Waals surface area (Å²) in [6.45, 7) is 0. The Hall–Kier alpha value is -2.88. The lowest BCUT2D eigenvalue weighted by molar-refractivity contribution is 0.102. The Morgan fingerprint density at radius 3 is 2.67 bits per heavy atom. The minimum Gasteiger partial charge on any atom is -0.497 e. The van der Waals surface area contributed by atoms with Gasteiger partial charge >= 0.3 is 0 Å². The number of carbonyl (C=O) groups is 1. The lowest BCUT2D eigenvalue weighted by atomic mass is 10.1. The van der Waals surface area contributed by atoms with Crippen LogP contribution in [0.3, 0.4) is 0 Å². The molecule has 0 unspecified atom stereocenters. The summed E-state index contributed by atoms with van der Waals surface area (Å²) in [6.07, 6.45) is 1.58. The van der Waals surface area contributed by atoms with E-state index < -0.39 is 0 Å². The number of hydrogen-bond acceptors (Lipinski definition) is 3. The van der Waals surface area contributed by atoms with E-state index in [-0.39, 0.29) is 5.91 Å². The topological polar surface area (TPSA) is 51.2 Å². The SMILES string of the molecule is COc1ccc2ncc(C(=O)Nc3ccccc3)cc2c1. The van der Waals surface area contributed by atoms with Crippen molar-refractivity contribution in [2.45, 2.75) is 0 Å². The van der Waals surface area contributed by atoms with Crippen LogP contribution in [0.5, 0.6) is 5.75 Å². The van der Waals surface area contributed by atoms with Crippen molar-refractivity contribution in [2.24, 2.45) is 0 Å². The van der Waals surface area contributed by atoms with Crippen molar-refractivity contribution in [1.82, 2.24) is 4.98 Å². The fourth-order valence-electron chi connectivity index (χ4n) is 2.09. The summed E-state index contributed by atoms with van der Waals surface area (Å²) in [7, 11) is 1.61. The molecule has 1 N–H and O–H groups in total. The van der Waals surface area contributed by atoms with Gasteiger partial charge in [-0.15, -0.1) is 0 Å². The van der Waals surface area contributed by atoms with Crippen LogP contribution >= 0.6 is 0 Å². The molecule has 3 rings (SSSR count). The van der Waals surface area contributed by atoms with Gasteiger partial charge < -0.3 is 10.1 Å². The van der Waals surface area contributed by atoms with E-state index in [1.807, 2.05) is 54.6 Å². The van der Waals surface area contributed by atoms with Crippen molar-refractivity contribution in [3.05, 3.63) is 66.4 Å². The number of amides is 1. The van der Waals surface area contributed by atoms with Gasteiger partial charge in [-0.05, 0) is 36.4 Å². The number of aromatic nitrogens is 1. The fraction of sp³-hybridized carbons (Fsp3) is 0.0588. The standard InChI is InChI=1S/C17H14N2O2/c1-21-15-7-8-16-12(10-15)9-13(11-18-16)17(20)19-14-5-3-2-4-6-14/h2-11H,1H3,(H,19,20). The van der Waals surface area contributed by atoms with Gasteiger partial charge in [-0.25, -0.2) is 0 Å². The first-order chi connectivity index (χ1) is 10.3. The Morgan fingerprint density at radius 1 is 1.10 bits per heavy atom. The van der Waals surface area contributed by atoms with Gasteiger partial charge in [-0.3, -0.25) is 9.78 Å². The van der Waals surface area contributed by atoms with Gasteiger partial charge in [-0.1, -0.05) is 18.2 Å². The molecule has 0 saturated heterocycles. The van der Waals surface area contributed by atoms with E-state index in [1.165, 1.54) is 0 Å². The fourth-order valence-corrected chi connectivity index (χ4v) is 2.09. The summed E-state index contributed by atoms with van der Waals surface area (Å²) in [5, 5.41) is 3.71. The van der Waals surface area contributed by atoms with Gasteiger partial charge in [0.05, 0.1) is 18.2 Å². The minimum atomic E-state index is -0.182. The lowest BCUT2D eigenvalue weighted by Crippen LogP contribution is -2.12. The highest BCUT2D eigenvalue weighted by Gasteiger charge is 2.08. The zero-order valence-electron chi connectivity index (χ0n) is 11.5. The van der Waals surface area contributed by atoms with Crippen LogP contribution in [-0.2, 0) is 0 Å². The van der Waals surface area contributed by atoms with Gasteiger partial charge in [0.2, 0.25) is 0 Å². The number of rotatable bonds is 3. The molecule has 0 spiro atoms. The van der Waals surface area contributed by atoms with Crippen LogP contribution in [0.1, 0.15) is 10.4 Å². The predicted molar refractivity (Wildman–Crippen MR) is 82.7 cm³/mol. The van der Waals surface area contributed by atoms with E-state index in [0.717, 1.165) is 22.3 Å². The molecule has 1 amide bonds. The first kappa shape index (κ1) is 13.1. The highest BCUT2D eigenvalue weighted by molar-refractivity contribution is 6.05. The van der Waals surface area contributed by atoms with E-state index in [2.05, 4.69) is 10.3 Å². The Bertz CT molecular complexity index is 785. The van der Waals surface area contributed by atoms with Crippen LogP contribution in [0.4, 0.5) is 5.69 Å². The smallest absolute Gasteiger partial charge is 0.257 e. The van der Waals surface area contributed by atoms with E-state index >= 15 is 0 Å². The molecule has 0 aliphatic heterocycles. The van der Waals surface area contributed by atoms with Crippen LogP contribution < -0.4 is 10.1 Å². The molecule has 0 aliphatic rings. The number of fused-ring (bicyclic) bond motifs is 1. The summed E-state index contributed by atoms with van der Waals surface area (Å²) < 4.78 is 5.19. The molecule has 2 aromatic carbocycles. The van der Waals surface area contributed by atoms with Gasteiger partial charge in [-0.2, -0.15) is 0 Å². The Kier molecular flexibility index (Phi) is 3.51. The number of para-hydroxylation sites is 1. The summed E-state index contributed by atoms with van der Waals surface area (Å²) >= 11 is 0. The normalized spacial score (nSPS) is 10.3. The third kappa shape index (κ3) is 2.84. The summed E-state index contributed by atoms with van der Waals surface area (Å²) in [5.74, 6) is 0.559. The number of ether oxygens (including phenoxy) is 1. The maximum Gasteiger partial charge on any atom is 0.257 e. The molecule has 1 heterocycles. The zero-order valence-corrected chi connectivity index (χ0v) is 11.5. The molecular formula is C17H14N2O2. The van der Waals surface area contributed by atoms with Crippen molar-refractivity contribution in [3.63, 3.8) is 0 Å². The molecule has 0 radical (unpaired) electrons. The van der Waals surface area contributed by atoms with Crippen LogP contribution in [0.2, 0.25) is 0 Å². The van der Waals surface area contributed by atoms with Crippen LogP contribution in [0.25, 0.3) is 10.9 Å². The van der Waals surface area contributed by atoms with Crippen molar-refractivity contribution in [1.29, 1.82) is 0 Å². The molecule has 0 saturated carbocycles. The maximum atomic E-state index is 12.2. The van der Waals surface area contributed by atoms with Gasteiger partial charge in [0, 0.05) is 17.3 Å². The number of carbonyl (C=O) groups excluding carboxylic acids is 1. The predicted octanol–water partition coefficient (Wildman–Crippen LogP) is 3.50. The Balaban J connectivity index is 1.91. The molecule has 4 heteroatoms. The summed E-state index contributed by atoms with van der Waals surface area (Å²) in [4.78, 5) is 16.5. The van der Waals surface area contributed by atoms with E-state index in [1.54, 1.807) is 13.3 Å². The van der Waals surface area contributed by atoms with E-state index in [9.17, 15) is 4.79 Å². The maximum absolute atomic E-state index is 12.2. The van der Waals surface area contributed by atoms with Crippen molar-refractivity contribution in [2.75, 3.05) is 12.4 Å². The molecular weight excluding hydrogens is 264 g/mol. The molecule has 1 aromatic heterocycles. The highest BCUT2D eigenvalue weighted by Crippen LogP contribution is 2.20. The van der Waals surface area contributed by atoms with Crippen LogP contribution in [0, 0.1) is 0 Å². The summed E-state index contributed by atoms with van der Waals surface area (Å²) in [6, 6.07) is 16.7. The second-order valence-corrected chi connectivity index (χ2v) is 4.60. The molecule has 21 heavy (non-hydrogen) atoms. The quantitative estimate of drug-likeness (QED) is 0.797. The number of pyridine rings is 1. The van der Waals surface area contributed by atoms with Crippen molar-refractivity contribution < 1.29 is 9.53 Å². The third-order valence-electron chi connectivity index (χ3n) is 3.18. The van der Waals surface area contributed by atoms with Gasteiger partial charge in [0.25, 0.3) is 5.91 Å². The monoisotopic (exact) mass is 278 g/mol. The number of anilines is 1. The number of benzene rings is 2. The van der Waals surface area contributed by atoms with Crippen LogP contribution in [-0.4, -0.2) is 18.0 Å². The molecule has 3 aromatic rings. The van der Waals surface area contributed by atoms with Crippen molar-refractivity contribution in [3.8, 4) is 5.75 Å². The number of nitrogens with one attached hydrogen (secondary N) is 1. The van der Waals surface area contributed by atoms with Crippen molar-refractivity contribution >= 4 is 22.5 Å². The second kappa shape index (κ2) is 5.63. The number of methoxy groups -OCH3 is 1. The molecule has 104 valence electrons. The first-order valence-electron chi connectivity index (χ1n) is 6.56. The van der Waals surface area contributed by atoms with Gasteiger partial charge in [0.1, 0.15) is 5.75 Å². The minimum absolute atomic E-state index is 0.182. The molecule has 4 nitrogen and oxygen atoms in total. The number of nitrogens with zero attached hydrogens (tertiary/aromatic N) is 1. The van der Waals surface area contributed by atoms with Gasteiger partial charge in [0.15, 0.2) is 0 Å². The third-order valence-corrected chi connectivity index (χ3v) is 3.18. The van der Waals surface area contributed by atoms with E-state index in [4.69, 9.17) is 4.74 Å². The molecule has 0 fully saturated rings. The molecule has 0 bridgehead atoms. The van der Waals surface area contributed by atoms with E-state index in [0.29, 0.717) is 5.56 Å². The average Bonchev–Trinajstić information content (AvgIpc) is 2.54. The second-order valence-electron chi connectivity index (χ2n) is 4.60.